The first-order chi connectivity index (χ1) is 6.24. The van der Waals surface area contributed by atoms with Crippen LogP contribution >= 0.6 is 0 Å². The van der Waals surface area contributed by atoms with Crippen LogP contribution in [-0.2, 0) is 0 Å². The van der Waals surface area contributed by atoms with Gasteiger partial charge in [0.2, 0.25) is 0 Å². The molecule has 1 aromatic rings. The summed E-state index contributed by atoms with van der Waals surface area (Å²) in [5.41, 5.74) is 2.20. The van der Waals surface area contributed by atoms with Gasteiger partial charge in [-0.25, -0.2) is 10.6 Å². The number of urea groups is 1. The van der Waals surface area contributed by atoms with Gasteiger partial charge in [0, 0.05) is 5.56 Å². The SMILES string of the molecule is NNC(=O)NC(=O)c1ccccc1. The number of rotatable bonds is 1. The van der Waals surface area contributed by atoms with Crippen LogP contribution in [0.25, 0.3) is 0 Å². The van der Waals surface area contributed by atoms with E-state index in [4.69, 9.17) is 5.84 Å². The number of hydrazine groups is 1. The third kappa shape index (κ3) is 2.57. The zero-order valence-electron chi connectivity index (χ0n) is 6.78. The van der Waals surface area contributed by atoms with Gasteiger partial charge in [-0.05, 0) is 12.1 Å². The van der Waals surface area contributed by atoms with Crippen LogP contribution in [0.1, 0.15) is 10.4 Å². The molecule has 0 aliphatic rings. The molecule has 5 heteroatoms. The number of imide groups is 1. The van der Waals surface area contributed by atoms with E-state index in [-0.39, 0.29) is 0 Å². The Morgan fingerprint density at radius 2 is 1.77 bits per heavy atom. The predicted octanol–water partition coefficient (Wildman–Crippen LogP) is -0.000300. The number of nitrogens with one attached hydrogen (secondary N) is 2. The van der Waals surface area contributed by atoms with Crippen molar-refractivity contribution >= 4 is 11.9 Å². The second-order valence-electron chi connectivity index (χ2n) is 2.29. The van der Waals surface area contributed by atoms with Gasteiger partial charge in [0.15, 0.2) is 0 Å². The van der Waals surface area contributed by atoms with Crippen molar-refractivity contribution in [3.8, 4) is 0 Å². The van der Waals surface area contributed by atoms with Crippen LogP contribution < -0.4 is 16.6 Å². The molecular weight excluding hydrogens is 170 g/mol. The van der Waals surface area contributed by atoms with Crippen LogP contribution in [0.15, 0.2) is 30.3 Å². The molecule has 0 fully saturated rings. The molecule has 0 radical (unpaired) electrons. The van der Waals surface area contributed by atoms with Gasteiger partial charge < -0.3 is 0 Å². The molecule has 5 nitrogen and oxygen atoms in total. The monoisotopic (exact) mass is 179 g/mol. The van der Waals surface area contributed by atoms with E-state index >= 15 is 0 Å². The normalized spacial score (nSPS) is 9.00. The maximum atomic E-state index is 11.2. The van der Waals surface area contributed by atoms with Crippen LogP contribution in [0.4, 0.5) is 4.79 Å². The van der Waals surface area contributed by atoms with E-state index in [1.165, 1.54) is 0 Å². The molecule has 3 amide bonds. The number of amides is 3. The molecule has 13 heavy (non-hydrogen) atoms. The van der Waals surface area contributed by atoms with Crippen LogP contribution in [0.5, 0.6) is 0 Å². The summed E-state index contributed by atoms with van der Waals surface area (Å²) in [6.45, 7) is 0. The van der Waals surface area contributed by atoms with E-state index in [2.05, 4.69) is 0 Å². The number of hydrogen-bond acceptors (Lipinski definition) is 3. The maximum absolute atomic E-state index is 11.2. The van der Waals surface area contributed by atoms with Crippen molar-refractivity contribution in [3.63, 3.8) is 0 Å². The minimum atomic E-state index is -0.728. The Bertz CT molecular complexity index is 310. The van der Waals surface area contributed by atoms with Gasteiger partial charge in [-0.15, -0.1) is 0 Å². The fourth-order valence-electron chi connectivity index (χ4n) is 0.801. The van der Waals surface area contributed by atoms with Gasteiger partial charge in [0.05, 0.1) is 0 Å². The maximum Gasteiger partial charge on any atom is 0.335 e. The second kappa shape index (κ2) is 4.22. The Balaban J connectivity index is 2.65. The molecular formula is C8H9N3O2. The highest BCUT2D eigenvalue weighted by atomic mass is 16.2. The van der Waals surface area contributed by atoms with Crippen LogP contribution in [0.2, 0.25) is 0 Å². The lowest BCUT2D eigenvalue weighted by Gasteiger charge is -2.01. The van der Waals surface area contributed by atoms with Crippen LogP contribution in [0, 0.1) is 0 Å². The molecule has 1 rings (SSSR count). The molecule has 0 aliphatic carbocycles. The predicted molar refractivity (Wildman–Crippen MR) is 46.6 cm³/mol. The van der Waals surface area contributed by atoms with Crippen molar-refractivity contribution in [2.75, 3.05) is 0 Å². The Hall–Kier alpha value is -1.88. The fourth-order valence-corrected chi connectivity index (χ4v) is 0.801. The van der Waals surface area contributed by atoms with E-state index < -0.39 is 11.9 Å². The minimum Gasteiger partial charge on any atom is -0.276 e. The summed E-state index contributed by atoms with van der Waals surface area (Å²) in [5.74, 6) is 4.30. The smallest absolute Gasteiger partial charge is 0.276 e. The Morgan fingerprint density at radius 3 is 2.31 bits per heavy atom. The van der Waals surface area contributed by atoms with Crippen LogP contribution in [-0.4, -0.2) is 11.9 Å². The van der Waals surface area contributed by atoms with Crippen molar-refractivity contribution in [3.05, 3.63) is 35.9 Å². The average molecular weight is 179 g/mol. The number of carbonyl (C=O) groups excluding carboxylic acids is 2. The largest absolute Gasteiger partial charge is 0.335 e. The van der Waals surface area contributed by atoms with E-state index in [9.17, 15) is 9.59 Å². The topological polar surface area (TPSA) is 84.2 Å². The van der Waals surface area contributed by atoms with Gasteiger partial charge in [-0.3, -0.25) is 15.5 Å². The molecule has 1 aromatic carbocycles. The second-order valence-corrected chi connectivity index (χ2v) is 2.29. The molecule has 0 spiro atoms. The molecule has 0 saturated carbocycles. The van der Waals surface area contributed by atoms with E-state index in [1.54, 1.807) is 35.8 Å². The minimum absolute atomic E-state index is 0.408. The summed E-state index contributed by atoms with van der Waals surface area (Å²) in [6.07, 6.45) is 0. The quantitative estimate of drug-likeness (QED) is 0.322. The van der Waals surface area contributed by atoms with E-state index in [0.29, 0.717) is 5.56 Å². The summed E-state index contributed by atoms with van der Waals surface area (Å²) in [7, 11) is 0. The van der Waals surface area contributed by atoms with Crippen molar-refractivity contribution in [1.82, 2.24) is 10.7 Å². The number of carbonyl (C=O) groups is 2. The lowest BCUT2D eigenvalue weighted by atomic mass is 10.2. The summed E-state index contributed by atoms with van der Waals surface area (Å²) in [5, 5.41) is 2.03. The zero-order chi connectivity index (χ0) is 9.68. The first-order valence-electron chi connectivity index (χ1n) is 3.61. The summed E-state index contributed by atoms with van der Waals surface area (Å²) >= 11 is 0. The standard InChI is InChI=1S/C8H9N3O2/c9-11-8(13)10-7(12)6-4-2-1-3-5-6/h1-5H,9H2,(H2,10,11,12,13). The van der Waals surface area contributed by atoms with Crippen molar-refractivity contribution < 1.29 is 9.59 Å². The lowest BCUT2D eigenvalue weighted by Crippen LogP contribution is -2.42. The van der Waals surface area contributed by atoms with E-state index in [1.807, 2.05) is 5.32 Å². The molecule has 68 valence electrons. The molecule has 0 aromatic heterocycles. The fraction of sp³-hybridized carbons (Fsp3) is 0. The molecule has 0 aliphatic heterocycles. The number of hydrogen-bond donors (Lipinski definition) is 3. The summed E-state index contributed by atoms with van der Waals surface area (Å²) in [6, 6.07) is 7.65. The highest BCUT2D eigenvalue weighted by molar-refractivity contribution is 6.03. The highest BCUT2D eigenvalue weighted by Crippen LogP contribution is 1.96. The van der Waals surface area contributed by atoms with Gasteiger partial charge in [-0.1, -0.05) is 18.2 Å². The number of nitrogens with two attached hydrogens (primary N) is 1. The summed E-state index contributed by atoms with van der Waals surface area (Å²) < 4.78 is 0. The van der Waals surface area contributed by atoms with Gasteiger partial charge in [-0.2, -0.15) is 0 Å². The molecule has 4 N–H and O–H groups in total. The van der Waals surface area contributed by atoms with Gasteiger partial charge >= 0.3 is 6.03 Å². The number of benzene rings is 1. The van der Waals surface area contributed by atoms with Crippen molar-refractivity contribution in [2.24, 2.45) is 5.84 Å². The average Bonchev–Trinajstić information content (AvgIpc) is 2.19. The van der Waals surface area contributed by atoms with Gasteiger partial charge in [0.25, 0.3) is 5.91 Å². The van der Waals surface area contributed by atoms with Crippen LogP contribution in [0.3, 0.4) is 0 Å². The Kier molecular flexibility index (Phi) is 2.99. The highest BCUT2D eigenvalue weighted by Gasteiger charge is 2.06. The Morgan fingerprint density at radius 1 is 1.15 bits per heavy atom. The zero-order valence-corrected chi connectivity index (χ0v) is 6.78. The Labute approximate surface area is 74.9 Å². The third-order valence-corrected chi connectivity index (χ3v) is 1.39. The molecule has 0 bridgehead atoms. The van der Waals surface area contributed by atoms with E-state index in [0.717, 1.165) is 0 Å². The first-order valence-corrected chi connectivity index (χ1v) is 3.61. The first kappa shape index (κ1) is 9.21. The molecule has 0 unspecified atom stereocenters. The third-order valence-electron chi connectivity index (χ3n) is 1.39. The molecule has 0 heterocycles. The molecule has 0 atom stereocenters. The molecule has 0 saturated heterocycles. The van der Waals surface area contributed by atoms with Crippen molar-refractivity contribution in [2.45, 2.75) is 0 Å². The lowest BCUT2D eigenvalue weighted by molar-refractivity contribution is 0.0964. The van der Waals surface area contributed by atoms with Crippen molar-refractivity contribution in [1.29, 1.82) is 0 Å². The summed E-state index contributed by atoms with van der Waals surface area (Å²) in [4.78, 5) is 21.8. The van der Waals surface area contributed by atoms with Gasteiger partial charge in [0.1, 0.15) is 0 Å².